The zero-order valence-electron chi connectivity index (χ0n) is 7.90. The predicted molar refractivity (Wildman–Crippen MR) is 48.5 cm³/mol. The summed E-state index contributed by atoms with van der Waals surface area (Å²) in [6.07, 6.45) is 4.44. The minimum Gasteiger partial charge on any atom is -0.481 e. The highest BCUT2D eigenvalue weighted by Crippen LogP contribution is 2.17. The molecule has 0 bridgehead atoms. The van der Waals surface area contributed by atoms with Crippen LogP contribution in [0.25, 0.3) is 0 Å². The van der Waals surface area contributed by atoms with Crippen molar-refractivity contribution in [2.75, 3.05) is 0 Å². The van der Waals surface area contributed by atoms with E-state index >= 15 is 0 Å². The van der Waals surface area contributed by atoms with Gasteiger partial charge < -0.3 is 9.67 Å². The van der Waals surface area contributed by atoms with Crippen LogP contribution in [-0.4, -0.2) is 20.6 Å². The quantitative estimate of drug-likeness (QED) is 0.765. The Morgan fingerprint density at radius 1 is 1.77 bits per heavy atom. The molecule has 1 N–H and O–H groups in total. The molecule has 0 spiro atoms. The van der Waals surface area contributed by atoms with E-state index in [1.54, 1.807) is 6.20 Å². The maximum absolute atomic E-state index is 10.3. The van der Waals surface area contributed by atoms with Gasteiger partial charge >= 0.3 is 5.97 Å². The minimum atomic E-state index is -0.749. The van der Waals surface area contributed by atoms with E-state index in [4.69, 9.17) is 5.11 Å². The Balaban J connectivity index is 2.53. The van der Waals surface area contributed by atoms with Gasteiger partial charge in [-0.3, -0.25) is 4.79 Å². The molecule has 1 unspecified atom stereocenters. The van der Waals surface area contributed by atoms with Crippen molar-refractivity contribution in [1.29, 1.82) is 0 Å². The van der Waals surface area contributed by atoms with Crippen molar-refractivity contribution >= 4 is 5.97 Å². The van der Waals surface area contributed by atoms with Crippen LogP contribution < -0.4 is 0 Å². The number of carboxylic acids is 1. The summed E-state index contributed by atoms with van der Waals surface area (Å²) in [5, 5.41) is 8.50. The SMILES string of the molecule is CC(CCC(=O)O)c1nccn1C. The molecule has 0 saturated heterocycles. The van der Waals surface area contributed by atoms with Gasteiger partial charge in [-0.1, -0.05) is 6.92 Å². The Morgan fingerprint density at radius 3 is 2.92 bits per heavy atom. The number of hydrogen-bond acceptors (Lipinski definition) is 2. The number of aromatic nitrogens is 2. The molecule has 0 aliphatic rings. The summed E-state index contributed by atoms with van der Waals surface area (Å²) in [7, 11) is 1.92. The fourth-order valence-electron chi connectivity index (χ4n) is 1.32. The van der Waals surface area contributed by atoms with Crippen molar-refractivity contribution in [2.45, 2.75) is 25.7 Å². The molecule has 1 heterocycles. The molecule has 1 aromatic rings. The monoisotopic (exact) mass is 182 g/mol. The van der Waals surface area contributed by atoms with E-state index in [0.29, 0.717) is 6.42 Å². The van der Waals surface area contributed by atoms with Crippen LogP contribution >= 0.6 is 0 Å². The fraction of sp³-hybridized carbons (Fsp3) is 0.556. The molecule has 1 rings (SSSR count). The van der Waals surface area contributed by atoms with E-state index in [1.807, 2.05) is 24.7 Å². The summed E-state index contributed by atoms with van der Waals surface area (Å²) < 4.78 is 1.92. The van der Waals surface area contributed by atoms with Crippen LogP contribution in [-0.2, 0) is 11.8 Å². The van der Waals surface area contributed by atoms with Gasteiger partial charge in [-0.2, -0.15) is 0 Å². The summed E-state index contributed by atoms with van der Waals surface area (Å²) in [5.41, 5.74) is 0. The van der Waals surface area contributed by atoms with E-state index in [9.17, 15) is 4.79 Å². The number of nitrogens with zero attached hydrogens (tertiary/aromatic N) is 2. The minimum absolute atomic E-state index is 0.202. The summed E-state index contributed by atoms with van der Waals surface area (Å²) in [6, 6.07) is 0. The Labute approximate surface area is 77.2 Å². The van der Waals surface area contributed by atoms with Crippen molar-refractivity contribution in [1.82, 2.24) is 9.55 Å². The van der Waals surface area contributed by atoms with Crippen LogP contribution in [0, 0.1) is 0 Å². The molecule has 0 fully saturated rings. The largest absolute Gasteiger partial charge is 0.481 e. The number of carboxylic acid groups (broad SMARTS) is 1. The zero-order chi connectivity index (χ0) is 9.84. The zero-order valence-corrected chi connectivity index (χ0v) is 7.90. The molecule has 0 aromatic carbocycles. The Hall–Kier alpha value is -1.32. The third-order valence-corrected chi connectivity index (χ3v) is 2.09. The van der Waals surface area contributed by atoms with Crippen molar-refractivity contribution in [3.8, 4) is 0 Å². The Morgan fingerprint density at radius 2 is 2.46 bits per heavy atom. The van der Waals surface area contributed by atoms with Gasteiger partial charge in [0.1, 0.15) is 5.82 Å². The van der Waals surface area contributed by atoms with Gasteiger partial charge in [0.25, 0.3) is 0 Å². The summed E-state index contributed by atoms with van der Waals surface area (Å²) in [5.74, 6) is 0.401. The topological polar surface area (TPSA) is 55.1 Å². The van der Waals surface area contributed by atoms with Crippen LogP contribution in [0.5, 0.6) is 0 Å². The number of hydrogen-bond donors (Lipinski definition) is 1. The summed E-state index contributed by atoms with van der Waals surface area (Å²) in [4.78, 5) is 14.5. The van der Waals surface area contributed by atoms with Gasteiger partial charge in [-0.05, 0) is 6.42 Å². The van der Waals surface area contributed by atoms with E-state index in [1.165, 1.54) is 0 Å². The highest BCUT2D eigenvalue weighted by Gasteiger charge is 2.11. The molecular weight excluding hydrogens is 168 g/mol. The van der Waals surface area contributed by atoms with Crippen LogP contribution in [0.2, 0.25) is 0 Å². The van der Waals surface area contributed by atoms with E-state index in [0.717, 1.165) is 5.82 Å². The number of rotatable bonds is 4. The van der Waals surface area contributed by atoms with Crippen molar-refractivity contribution in [2.24, 2.45) is 7.05 Å². The second kappa shape index (κ2) is 4.07. The lowest BCUT2D eigenvalue weighted by Crippen LogP contribution is -2.05. The molecule has 4 heteroatoms. The Bertz CT molecular complexity index is 294. The average Bonchev–Trinajstić information content (AvgIpc) is 2.47. The number of aliphatic carboxylic acids is 1. The third kappa shape index (κ3) is 2.57. The number of aryl methyl sites for hydroxylation is 1. The lowest BCUT2D eigenvalue weighted by atomic mass is 10.1. The second-order valence-electron chi connectivity index (χ2n) is 3.23. The number of imidazole rings is 1. The van der Waals surface area contributed by atoms with Gasteiger partial charge in [0.2, 0.25) is 0 Å². The lowest BCUT2D eigenvalue weighted by molar-refractivity contribution is -0.137. The van der Waals surface area contributed by atoms with E-state index in [-0.39, 0.29) is 12.3 Å². The van der Waals surface area contributed by atoms with Crippen molar-refractivity contribution in [3.63, 3.8) is 0 Å². The lowest BCUT2D eigenvalue weighted by Gasteiger charge is -2.09. The summed E-state index contributed by atoms with van der Waals surface area (Å²) >= 11 is 0. The molecule has 0 aliphatic heterocycles. The molecular formula is C9H14N2O2. The maximum atomic E-state index is 10.3. The fourth-order valence-corrected chi connectivity index (χ4v) is 1.32. The van der Waals surface area contributed by atoms with Gasteiger partial charge in [-0.15, -0.1) is 0 Å². The normalized spacial score (nSPS) is 12.8. The molecule has 0 radical (unpaired) electrons. The molecule has 1 aromatic heterocycles. The predicted octanol–water partition coefficient (Wildman–Crippen LogP) is 1.39. The first-order valence-electron chi connectivity index (χ1n) is 4.30. The highest BCUT2D eigenvalue weighted by atomic mass is 16.4. The second-order valence-corrected chi connectivity index (χ2v) is 3.23. The van der Waals surface area contributed by atoms with Crippen molar-refractivity contribution < 1.29 is 9.90 Å². The van der Waals surface area contributed by atoms with Crippen LogP contribution in [0.15, 0.2) is 12.4 Å². The maximum Gasteiger partial charge on any atom is 0.303 e. The van der Waals surface area contributed by atoms with Gasteiger partial charge in [-0.25, -0.2) is 4.98 Å². The summed E-state index contributed by atoms with van der Waals surface area (Å²) in [6.45, 7) is 1.99. The van der Waals surface area contributed by atoms with Gasteiger partial charge in [0.05, 0.1) is 0 Å². The van der Waals surface area contributed by atoms with Gasteiger partial charge in [0.15, 0.2) is 0 Å². The molecule has 4 nitrogen and oxygen atoms in total. The molecule has 0 aliphatic carbocycles. The molecule has 0 saturated carbocycles. The van der Waals surface area contributed by atoms with Crippen molar-refractivity contribution in [3.05, 3.63) is 18.2 Å². The Kier molecular flexibility index (Phi) is 3.06. The van der Waals surface area contributed by atoms with Crippen LogP contribution in [0.3, 0.4) is 0 Å². The molecule has 13 heavy (non-hydrogen) atoms. The van der Waals surface area contributed by atoms with E-state index in [2.05, 4.69) is 4.98 Å². The molecule has 72 valence electrons. The van der Waals surface area contributed by atoms with E-state index < -0.39 is 5.97 Å². The first-order chi connectivity index (χ1) is 6.11. The van der Waals surface area contributed by atoms with Crippen LogP contribution in [0.1, 0.15) is 31.5 Å². The average molecular weight is 182 g/mol. The standard InChI is InChI=1S/C9H14N2O2/c1-7(3-4-8(12)13)9-10-5-6-11(9)2/h5-7H,3-4H2,1-2H3,(H,12,13). The highest BCUT2D eigenvalue weighted by molar-refractivity contribution is 5.66. The van der Waals surface area contributed by atoms with Gasteiger partial charge in [0, 0.05) is 31.8 Å². The van der Waals surface area contributed by atoms with Crippen LogP contribution in [0.4, 0.5) is 0 Å². The molecule has 0 amide bonds. The smallest absolute Gasteiger partial charge is 0.303 e. The third-order valence-electron chi connectivity index (χ3n) is 2.09. The number of carbonyl (C=O) groups is 1. The first kappa shape index (κ1) is 9.77. The first-order valence-corrected chi connectivity index (χ1v) is 4.30. The molecule has 1 atom stereocenters.